The lowest BCUT2D eigenvalue weighted by Gasteiger charge is -2.41. The van der Waals surface area contributed by atoms with Crippen LogP contribution in [-0.2, 0) is 0 Å². The van der Waals surface area contributed by atoms with Crippen molar-refractivity contribution < 1.29 is 4.79 Å². The molecule has 1 atom stereocenters. The number of carbonyl (C=O) groups is 1. The quantitative estimate of drug-likeness (QED) is 0.429. The van der Waals surface area contributed by atoms with Gasteiger partial charge >= 0.3 is 0 Å². The summed E-state index contributed by atoms with van der Waals surface area (Å²) < 4.78 is 0. The lowest BCUT2D eigenvalue weighted by molar-refractivity contribution is 0.0462. The predicted molar refractivity (Wildman–Crippen MR) is 123 cm³/mol. The van der Waals surface area contributed by atoms with Crippen LogP contribution >= 0.6 is 0 Å². The molecular weight excluding hydrogens is 372 g/mol. The van der Waals surface area contributed by atoms with Gasteiger partial charge in [-0.2, -0.15) is 5.10 Å². The van der Waals surface area contributed by atoms with Crippen molar-refractivity contribution in [1.29, 1.82) is 0 Å². The van der Waals surface area contributed by atoms with Gasteiger partial charge in [-0.1, -0.05) is 70.2 Å². The Balaban J connectivity index is 0.000000606. The van der Waals surface area contributed by atoms with Gasteiger partial charge < -0.3 is 9.88 Å². The van der Waals surface area contributed by atoms with Crippen molar-refractivity contribution in [2.75, 3.05) is 6.54 Å². The average Bonchev–Trinajstić information content (AvgIpc) is 3.46. The first-order chi connectivity index (χ1) is 14.8. The topological polar surface area (TPSA) is 64.8 Å². The van der Waals surface area contributed by atoms with Crippen LogP contribution in [0.15, 0.2) is 67.1 Å². The molecule has 1 unspecified atom stereocenters. The van der Waals surface area contributed by atoms with Gasteiger partial charge in [-0.15, -0.1) is 0 Å². The van der Waals surface area contributed by atoms with E-state index in [4.69, 9.17) is 0 Å². The molecule has 30 heavy (non-hydrogen) atoms. The Hall–Kier alpha value is -3.34. The normalized spacial score (nSPS) is 14.8. The van der Waals surface area contributed by atoms with E-state index < -0.39 is 0 Å². The summed E-state index contributed by atoms with van der Waals surface area (Å²) in [5.41, 5.74) is 5.00. The zero-order valence-corrected chi connectivity index (χ0v) is 18.1. The van der Waals surface area contributed by atoms with E-state index in [1.54, 1.807) is 6.20 Å². The molecule has 2 aromatic heterocycles. The van der Waals surface area contributed by atoms with E-state index in [0.717, 1.165) is 40.6 Å². The molecule has 0 spiro atoms. The number of nitrogens with one attached hydrogen (secondary N) is 2. The molecule has 2 N–H and O–H groups in total. The number of nitrogens with zero attached hydrogens (tertiary/aromatic N) is 2. The van der Waals surface area contributed by atoms with Crippen molar-refractivity contribution in [2.24, 2.45) is 0 Å². The average molecular weight is 403 g/mol. The maximum atomic E-state index is 13.1. The van der Waals surface area contributed by atoms with Crippen molar-refractivity contribution in [2.45, 2.75) is 40.2 Å². The number of H-pyrrole nitrogens is 2. The number of rotatable bonds is 3. The van der Waals surface area contributed by atoms with E-state index in [1.165, 1.54) is 5.56 Å². The van der Waals surface area contributed by atoms with E-state index in [9.17, 15) is 4.79 Å². The molecule has 0 saturated carbocycles. The maximum absolute atomic E-state index is 13.1. The van der Waals surface area contributed by atoms with E-state index in [2.05, 4.69) is 33.4 Å². The van der Waals surface area contributed by atoms with Crippen LogP contribution in [0.2, 0.25) is 0 Å². The molecule has 1 aliphatic heterocycles. The molecule has 0 radical (unpaired) electrons. The number of benzene rings is 2. The fraction of sp³-hybridized carbons (Fsp3) is 0.280. The minimum Gasteiger partial charge on any atom is -0.360 e. The molecule has 5 rings (SSSR count). The first kappa shape index (κ1) is 21.4. The number of carbonyl (C=O) groups excluding carboxylic acids is 1. The summed E-state index contributed by atoms with van der Waals surface area (Å²) in [6.07, 6.45) is 6.50. The van der Waals surface area contributed by atoms with Gasteiger partial charge in [0.15, 0.2) is 0 Å². The SMILES string of the molecule is CC.CC.O=C(c1c[nH]c2cc(-c3cn[nH]c3)ccc12)N1CCC1c1ccccc1. The second-order valence-corrected chi connectivity index (χ2v) is 6.66. The summed E-state index contributed by atoms with van der Waals surface area (Å²) in [5.74, 6) is 0.0902. The number of aromatic amines is 2. The molecule has 156 valence electrons. The minimum absolute atomic E-state index is 0.0902. The fourth-order valence-electron chi connectivity index (χ4n) is 3.70. The lowest BCUT2D eigenvalue weighted by Crippen LogP contribution is -2.45. The Morgan fingerprint density at radius 2 is 1.77 bits per heavy atom. The third kappa shape index (κ3) is 4.01. The van der Waals surface area contributed by atoms with Crippen molar-refractivity contribution in [1.82, 2.24) is 20.1 Å². The summed E-state index contributed by atoms with van der Waals surface area (Å²) >= 11 is 0. The van der Waals surface area contributed by atoms with Crippen molar-refractivity contribution in [3.8, 4) is 11.1 Å². The minimum atomic E-state index is 0.0902. The molecule has 0 aliphatic carbocycles. The highest BCUT2D eigenvalue weighted by Crippen LogP contribution is 2.35. The van der Waals surface area contributed by atoms with Crippen LogP contribution in [0.5, 0.6) is 0 Å². The standard InChI is InChI=1S/C21H18N4O.2C2H6/c26-21(25-9-8-20(25)14-4-2-1-3-5-14)18-13-22-19-10-15(6-7-17(18)19)16-11-23-24-12-16;2*1-2/h1-7,10-13,20,22H,8-9H2,(H,23,24);2*1-2H3. The van der Waals surface area contributed by atoms with E-state index in [0.29, 0.717) is 0 Å². The first-order valence-electron chi connectivity index (χ1n) is 10.8. The third-order valence-corrected chi connectivity index (χ3v) is 5.21. The van der Waals surface area contributed by atoms with Gasteiger partial charge in [0.2, 0.25) is 0 Å². The van der Waals surface area contributed by atoms with Crippen LogP contribution in [0.1, 0.15) is 56.1 Å². The van der Waals surface area contributed by atoms with Crippen LogP contribution in [0, 0.1) is 0 Å². The number of aromatic nitrogens is 3. The van der Waals surface area contributed by atoms with E-state index >= 15 is 0 Å². The van der Waals surface area contributed by atoms with Crippen molar-refractivity contribution in [3.05, 3.63) is 78.2 Å². The van der Waals surface area contributed by atoms with Crippen molar-refractivity contribution >= 4 is 16.8 Å². The second-order valence-electron chi connectivity index (χ2n) is 6.66. The van der Waals surface area contributed by atoms with Crippen LogP contribution in [0.4, 0.5) is 0 Å². The van der Waals surface area contributed by atoms with E-state index in [-0.39, 0.29) is 11.9 Å². The molecule has 1 fully saturated rings. The molecule has 1 amide bonds. The van der Waals surface area contributed by atoms with Crippen LogP contribution in [-0.4, -0.2) is 32.5 Å². The summed E-state index contributed by atoms with van der Waals surface area (Å²) in [4.78, 5) is 18.3. The largest absolute Gasteiger partial charge is 0.360 e. The Morgan fingerprint density at radius 1 is 1.00 bits per heavy atom. The Kier molecular flexibility index (Phi) is 7.07. The highest BCUT2D eigenvalue weighted by atomic mass is 16.2. The van der Waals surface area contributed by atoms with Gasteiger partial charge in [0.1, 0.15) is 0 Å². The second kappa shape index (κ2) is 9.92. The summed E-state index contributed by atoms with van der Waals surface area (Å²) in [7, 11) is 0. The van der Waals surface area contributed by atoms with E-state index in [1.807, 2.05) is 75.3 Å². The van der Waals surface area contributed by atoms with Crippen LogP contribution < -0.4 is 0 Å². The molecule has 1 aliphatic rings. The van der Waals surface area contributed by atoms with Crippen molar-refractivity contribution in [3.63, 3.8) is 0 Å². The Bertz CT molecular complexity index is 1070. The number of hydrogen-bond donors (Lipinski definition) is 2. The Morgan fingerprint density at radius 3 is 2.40 bits per heavy atom. The lowest BCUT2D eigenvalue weighted by atomic mass is 9.93. The summed E-state index contributed by atoms with van der Waals surface area (Å²) in [6, 6.07) is 16.5. The smallest absolute Gasteiger partial charge is 0.256 e. The number of fused-ring (bicyclic) bond motifs is 1. The van der Waals surface area contributed by atoms with Gasteiger partial charge in [-0.3, -0.25) is 9.89 Å². The van der Waals surface area contributed by atoms with Gasteiger partial charge in [0, 0.05) is 35.4 Å². The van der Waals surface area contributed by atoms with Gasteiger partial charge in [-0.25, -0.2) is 0 Å². The summed E-state index contributed by atoms with van der Waals surface area (Å²) in [6.45, 7) is 8.80. The van der Waals surface area contributed by atoms with Gasteiger partial charge in [0.05, 0.1) is 17.8 Å². The zero-order valence-electron chi connectivity index (χ0n) is 18.1. The van der Waals surface area contributed by atoms with Gasteiger partial charge in [-0.05, 0) is 23.6 Å². The Labute approximate surface area is 178 Å². The maximum Gasteiger partial charge on any atom is 0.256 e. The third-order valence-electron chi connectivity index (χ3n) is 5.21. The molecular formula is C25H30N4O. The first-order valence-corrected chi connectivity index (χ1v) is 10.8. The molecule has 3 heterocycles. The molecule has 0 bridgehead atoms. The number of likely N-dealkylation sites (tertiary alicyclic amines) is 1. The monoisotopic (exact) mass is 402 g/mol. The molecule has 2 aromatic carbocycles. The van der Waals surface area contributed by atoms with Crippen LogP contribution in [0.3, 0.4) is 0 Å². The molecule has 5 heteroatoms. The predicted octanol–water partition coefficient (Wildman–Crippen LogP) is 6.20. The summed E-state index contributed by atoms with van der Waals surface area (Å²) in [5, 5.41) is 7.78. The zero-order chi connectivity index (χ0) is 21.5. The molecule has 5 nitrogen and oxygen atoms in total. The fourth-order valence-corrected chi connectivity index (χ4v) is 3.70. The van der Waals surface area contributed by atoms with Gasteiger partial charge in [0.25, 0.3) is 5.91 Å². The number of amides is 1. The van der Waals surface area contributed by atoms with Crippen LogP contribution in [0.25, 0.3) is 22.0 Å². The number of hydrogen-bond acceptors (Lipinski definition) is 2. The molecule has 1 saturated heterocycles. The highest BCUT2D eigenvalue weighted by Gasteiger charge is 2.34. The molecule has 4 aromatic rings. The highest BCUT2D eigenvalue weighted by molar-refractivity contribution is 6.07.